The van der Waals surface area contributed by atoms with Crippen LogP contribution in [0, 0.1) is 5.92 Å². The number of allylic oxidation sites excluding steroid dienone is 1. The van der Waals surface area contributed by atoms with E-state index in [0.717, 1.165) is 57.9 Å². The highest BCUT2D eigenvalue weighted by atomic mass is 16.6. The van der Waals surface area contributed by atoms with Gasteiger partial charge in [-0.25, -0.2) is 14.6 Å². The Morgan fingerprint density at radius 2 is 1.62 bits per heavy atom. The summed E-state index contributed by atoms with van der Waals surface area (Å²) in [5.41, 5.74) is 5.66. The summed E-state index contributed by atoms with van der Waals surface area (Å²) in [4.78, 5) is 54.9. The molecule has 1 aromatic heterocycles. The van der Waals surface area contributed by atoms with E-state index in [1.165, 1.54) is 7.11 Å². The number of aromatic amines is 1. The predicted molar refractivity (Wildman–Crippen MR) is 199 cm³/mol. The molecule has 12 heteroatoms. The Kier molecular flexibility index (Phi) is 10.3. The van der Waals surface area contributed by atoms with E-state index in [1.807, 2.05) is 65.8 Å². The number of carbonyl (C=O) groups excluding carboxylic acids is 3. The number of hydrogen-bond donors (Lipinski definition) is 2. The highest BCUT2D eigenvalue weighted by Gasteiger charge is 2.48. The lowest BCUT2D eigenvalue weighted by atomic mass is 9.96. The maximum Gasteiger partial charge on any atom is 0.413 e. The molecule has 0 aliphatic carbocycles. The van der Waals surface area contributed by atoms with Gasteiger partial charge in [0, 0.05) is 24.9 Å². The van der Waals surface area contributed by atoms with Crippen molar-refractivity contribution in [1.29, 1.82) is 0 Å². The molecule has 3 atom stereocenters. The second kappa shape index (κ2) is 14.6. The fraction of sp³-hybridized carbons (Fsp3) is 0.475. The molecule has 12 nitrogen and oxygen atoms in total. The van der Waals surface area contributed by atoms with E-state index >= 15 is 0 Å². The van der Waals surface area contributed by atoms with Crippen LogP contribution < -0.4 is 5.32 Å². The molecule has 276 valence electrons. The summed E-state index contributed by atoms with van der Waals surface area (Å²) in [6.45, 7) is 14.1. The fourth-order valence-corrected chi connectivity index (χ4v) is 7.10. The van der Waals surface area contributed by atoms with Crippen molar-refractivity contribution in [3.63, 3.8) is 0 Å². The smallest absolute Gasteiger partial charge is 0.413 e. The number of amides is 3. The Bertz CT molecular complexity index is 1850. The summed E-state index contributed by atoms with van der Waals surface area (Å²) < 4.78 is 16.5. The van der Waals surface area contributed by atoms with Gasteiger partial charge >= 0.3 is 12.2 Å². The van der Waals surface area contributed by atoms with Crippen LogP contribution in [0.15, 0.2) is 65.9 Å². The zero-order chi connectivity index (χ0) is 37.4. The Labute approximate surface area is 305 Å². The van der Waals surface area contributed by atoms with Gasteiger partial charge < -0.3 is 29.4 Å². The van der Waals surface area contributed by atoms with E-state index in [-0.39, 0.29) is 23.9 Å². The van der Waals surface area contributed by atoms with Gasteiger partial charge in [-0.05, 0) is 81.2 Å². The molecule has 0 spiro atoms. The molecule has 0 saturated carbocycles. The van der Waals surface area contributed by atoms with Gasteiger partial charge in [-0.15, -0.1) is 0 Å². The van der Waals surface area contributed by atoms with Crippen molar-refractivity contribution in [2.24, 2.45) is 10.9 Å². The van der Waals surface area contributed by atoms with E-state index in [2.05, 4.69) is 63.8 Å². The Balaban J connectivity index is 1.09. The molecule has 3 aromatic rings. The van der Waals surface area contributed by atoms with Crippen LogP contribution in [0.3, 0.4) is 0 Å². The first-order chi connectivity index (χ1) is 24.6. The van der Waals surface area contributed by atoms with Crippen molar-refractivity contribution in [1.82, 2.24) is 25.1 Å². The summed E-state index contributed by atoms with van der Waals surface area (Å²) in [7, 11) is 1.29. The van der Waals surface area contributed by atoms with Gasteiger partial charge in [0.05, 0.1) is 31.6 Å². The number of aliphatic imine (C=N–C) groups is 1. The molecule has 2 N–H and O–H groups in total. The lowest BCUT2D eigenvalue weighted by molar-refractivity contribution is -0.135. The molecule has 2 fully saturated rings. The molecule has 2 aromatic carbocycles. The van der Waals surface area contributed by atoms with Crippen LogP contribution in [-0.2, 0) is 19.0 Å². The minimum atomic E-state index is -0.796. The third-order valence-electron chi connectivity index (χ3n) is 9.84. The maximum atomic E-state index is 13.5. The molecule has 3 aliphatic rings. The van der Waals surface area contributed by atoms with Gasteiger partial charge in [0.15, 0.2) is 0 Å². The van der Waals surface area contributed by atoms with Gasteiger partial charge in [0.25, 0.3) is 0 Å². The van der Waals surface area contributed by atoms with Gasteiger partial charge in [-0.1, -0.05) is 62.4 Å². The third-order valence-corrected chi connectivity index (χ3v) is 9.84. The SMILES string of the molecule is COC(=O)N[C@H](C(=O)N1CCC[C@H]1c1ncc(-c2ccc(-c3ccc(C4=CN=C([C@@H]5COC(C)(C)N5C(=O)OC(C)(C)C)C4)cc3)cc2)[nH]1)C(C)C. The number of aromatic nitrogens is 2. The molecule has 0 bridgehead atoms. The number of methoxy groups -OCH3 is 1. The Hall–Kier alpha value is -4.97. The number of benzene rings is 2. The van der Waals surface area contributed by atoms with Gasteiger partial charge in [0.1, 0.15) is 29.2 Å². The molecule has 2 saturated heterocycles. The van der Waals surface area contributed by atoms with Gasteiger partial charge in [0.2, 0.25) is 5.91 Å². The van der Waals surface area contributed by atoms with Crippen LogP contribution in [0.2, 0.25) is 0 Å². The largest absolute Gasteiger partial charge is 0.453 e. The number of likely N-dealkylation sites (tertiary alicyclic amines) is 1. The van der Waals surface area contributed by atoms with Crippen molar-refractivity contribution in [3.05, 3.63) is 72.3 Å². The summed E-state index contributed by atoms with van der Waals surface area (Å²) in [5.74, 6) is 0.502. The van der Waals surface area contributed by atoms with Crippen molar-refractivity contribution < 1.29 is 28.6 Å². The quantitative estimate of drug-likeness (QED) is 0.249. The lowest BCUT2D eigenvalue weighted by Gasteiger charge is -2.35. The highest BCUT2D eigenvalue weighted by molar-refractivity contribution is 6.03. The monoisotopic (exact) mass is 710 g/mol. The number of imidazole rings is 1. The summed E-state index contributed by atoms with van der Waals surface area (Å²) in [5, 5.41) is 2.70. The zero-order valence-electron chi connectivity index (χ0n) is 31.4. The van der Waals surface area contributed by atoms with Crippen LogP contribution >= 0.6 is 0 Å². The first-order valence-corrected chi connectivity index (χ1v) is 18.0. The average Bonchev–Trinajstić information content (AvgIpc) is 3.92. The van der Waals surface area contributed by atoms with Crippen LogP contribution in [0.5, 0.6) is 0 Å². The number of rotatable bonds is 8. The molecule has 3 aliphatic heterocycles. The molecular weight excluding hydrogens is 660 g/mol. The van der Waals surface area contributed by atoms with Crippen molar-refractivity contribution in [2.75, 3.05) is 20.3 Å². The topological polar surface area (TPSA) is 138 Å². The number of carbonyl (C=O) groups is 3. The molecule has 4 heterocycles. The molecule has 52 heavy (non-hydrogen) atoms. The zero-order valence-corrected chi connectivity index (χ0v) is 31.4. The van der Waals surface area contributed by atoms with Crippen LogP contribution in [-0.4, -0.2) is 87.2 Å². The average molecular weight is 711 g/mol. The first kappa shape index (κ1) is 36.8. The van der Waals surface area contributed by atoms with E-state index in [1.54, 1.807) is 4.90 Å². The number of nitrogens with one attached hydrogen (secondary N) is 2. The van der Waals surface area contributed by atoms with E-state index in [4.69, 9.17) is 19.2 Å². The lowest BCUT2D eigenvalue weighted by Crippen LogP contribution is -2.52. The van der Waals surface area contributed by atoms with Gasteiger partial charge in [-0.2, -0.15) is 0 Å². The third kappa shape index (κ3) is 7.77. The molecule has 3 amide bonds. The summed E-state index contributed by atoms with van der Waals surface area (Å²) >= 11 is 0. The fourth-order valence-electron chi connectivity index (χ4n) is 7.10. The molecular formula is C40H50N6O6. The number of ether oxygens (including phenoxy) is 3. The Morgan fingerprint density at radius 3 is 2.23 bits per heavy atom. The first-order valence-electron chi connectivity index (χ1n) is 18.0. The predicted octanol–water partition coefficient (Wildman–Crippen LogP) is 7.35. The maximum absolute atomic E-state index is 13.5. The second-order valence-corrected chi connectivity index (χ2v) is 15.5. The normalized spacial score (nSPS) is 20.5. The minimum absolute atomic E-state index is 0.0971. The van der Waals surface area contributed by atoms with Crippen molar-refractivity contribution >= 4 is 29.4 Å². The standard InChI is InChI=1S/C40H50N6O6/c1-24(2)34(44-37(48)50-8)36(47)45-19-9-10-32(45)35-42-22-31(43-35)28-17-15-26(16-18-28)25-11-13-27(14-12-25)29-20-30(41-21-29)33-23-51-40(6,7)46(33)38(49)52-39(3,4)5/h11-18,21-22,24,32-34H,9-10,19-20,23H2,1-8H3,(H,42,43)(H,44,48)/t32-,33-,34-/m0/s1. The molecule has 6 rings (SSSR count). The van der Waals surface area contributed by atoms with Crippen molar-refractivity contribution in [3.8, 4) is 22.4 Å². The van der Waals surface area contributed by atoms with Crippen LogP contribution in [0.1, 0.15) is 85.2 Å². The highest BCUT2D eigenvalue weighted by Crippen LogP contribution is 2.36. The van der Waals surface area contributed by atoms with Crippen LogP contribution in [0.25, 0.3) is 28.0 Å². The van der Waals surface area contributed by atoms with Crippen LogP contribution in [0.4, 0.5) is 9.59 Å². The second-order valence-electron chi connectivity index (χ2n) is 15.5. The van der Waals surface area contributed by atoms with E-state index < -0.39 is 29.6 Å². The van der Waals surface area contributed by atoms with E-state index in [9.17, 15) is 14.4 Å². The number of nitrogens with zero attached hydrogens (tertiary/aromatic N) is 4. The molecule has 0 unspecified atom stereocenters. The van der Waals surface area contributed by atoms with Gasteiger partial charge in [-0.3, -0.25) is 14.7 Å². The molecule has 0 radical (unpaired) electrons. The summed E-state index contributed by atoms with van der Waals surface area (Å²) in [6, 6.07) is 15.6. The summed E-state index contributed by atoms with van der Waals surface area (Å²) in [6.07, 6.45) is 4.94. The number of hydrogen-bond acceptors (Lipinski definition) is 8. The number of alkyl carbamates (subject to hydrolysis) is 1. The minimum Gasteiger partial charge on any atom is -0.453 e. The number of H-pyrrole nitrogens is 1. The van der Waals surface area contributed by atoms with E-state index in [0.29, 0.717) is 19.6 Å². The van der Waals surface area contributed by atoms with Crippen molar-refractivity contribution in [2.45, 2.75) is 97.2 Å². The Morgan fingerprint density at radius 1 is 0.981 bits per heavy atom.